The second kappa shape index (κ2) is 6.76. The van der Waals surface area contributed by atoms with Crippen molar-refractivity contribution in [1.82, 2.24) is 0 Å². The molecule has 1 aromatic rings. The molecule has 0 saturated heterocycles. The van der Waals surface area contributed by atoms with Crippen LogP contribution in [0.4, 0.5) is 4.39 Å². The van der Waals surface area contributed by atoms with Crippen molar-refractivity contribution in [3.8, 4) is 5.75 Å². The number of benzene rings is 1. The average Bonchev–Trinajstić information content (AvgIpc) is 2.29. The van der Waals surface area contributed by atoms with Gasteiger partial charge in [-0.15, -0.1) is 0 Å². The van der Waals surface area contributed by atoms with Crippen LogP contribution < -0.4 is 4.74 Å². The van der Waals surface area contributed by atoms with Gasteiger partial charge in [0.25, 0.3) is 0 Å². The molecule has 0 aromatic heterocycles. The first-order valence-corrected chi connectivity index (χ1v) is 6.44. The van der Waals surface area contributed by atoms with Crippen molar-refractivity contribution >= 4 is 11.8 Å². The van der Waals surface area contributed by atoms with E-state index in [2.05, 4.69) is 6.92 Å². The molecular weight excluding hydrogens is 227 g/mol. The number of ether oxygens (including phenoxy) is 1. The van der Waals surface area contributed by atoms with Crippen molar-refractivity contribution in [2.45, 2.75) is 19.4 Å². The van der Waals surface area contributed by atoms with Gasteiger partial charge in [0.2, 0.25) is 0 Å². The minimum Gasteiger partial charge on any atom is -0.494 e. The first-order valence-electron chi connectivity index (χ1n) is 5.28. The van der Waals surface area contributed by atoms with E-state index < -0.39 is 11.9 Å². The molecule has 16 heavy (non-hydrogen) atoms. The summed E-state index contributed by atoms with van der Waals surface area (Å²) in [7, 11) is 1.42. The summed E-state index contributed by atoms with van der Waals surface area (Å²) in [4.78, 5) is 0. The van der Waals surface area contributed by atoms with Gasteiger partial charge in [-0.2, -0.15) is 11.8 Å². The molecule has 2 nitrogen and oxygen atoms in total. The Morgan fingerprint density at radius 3 is 2.88 bits per heavy atom. The SMILES string of the molecule is CCSCCC(O)c1cccc(OC)c1F. The van der Waals surface area contributed by atoms with Crippen molar-refractivity contribution in [1.29, 1.82) is 0 Å². The normalized spacial score (nSPS) is 12.5. The number of hydrogen-bond acceptors (Lipinski definition) is 3. The zero-order valence-electron chi connectivity index (χ0n) is 9.57. The maximum absolute atomic E-state index is 13.7. The Balaban J connectivity index is 2.71. The third-order valence-electron chi connectivity index (χ3n) is 2.31. The molecule has 90 valence electrons. The van der Waals surface area contributed by atoms with Crippen LogP contribution in [0.2, 0.25) is 0 Å². The molecule has 1 unspecified atom stereocenters. The lowest BCUT2D eigenvalue weighted by atomic mass is 10.1. The molecule has 1 rings (SSSR count). The summed E-state index contributed by atoms with van der Waals surface area (Å²) in [6.45, 7) is 2.06. The van der Waals surface area contributed by atoms with Crippen LogP contribution in [0.25, 0.3) is 0 Å². The second-order valence-electron chi connectivity index (χ2n) is 3.36. The monoisotopic (exact) mass is 244 g/mol. The van der Waals surface area contributed by atoms with Crippen molar-refractivity contribution in [2.24, 2.45) is 0 Å². The average molecular weight is 244 g/mol. The van der Waals surface area contributed by atoms with Crippen LogP contribution in [-0.4, -0.2) is 23.7 Å². The number of hydrogen-bond donors (Lipinski definition) is 1. The van der Waals surface area contributed by atoms with Gasteiger partial charge in [0, 0.05) is 5.56 Å². The molecule has 0 saturated carbocycles. The smallest absolute Gasteiger partial charge is 0.170 e. The molecule has 0 aliphatic rings. The van der Waals surface area contributed by atoms with Crippen molar-refractivity contribution in [3.63, 3.8) is 0 Å². The minimum atomic E-state index is -0.755. The van der Waals surface area contributed by atoms with E-state index >= 15 is 0 Å². The van der Waals surface area contributed by atoms with Gasteiger partial charge in [-0.25, -0.2) is 4.39 Å². The van der Waals surface area contributed by atoms with Crippen LogP contribution in [0.3, 0.4) is 0 Å². The van der Waals surface area contributed by atoms with Gasteiger partial charge in [0.15, 0.2) is 11.6 Å². The summed E-state index contributed by atoms with van der Waals surface area (Å²) in [6.07, 6.45) is -0.197. The van der Waals surface area contributed by atoms with Gasteiger partial charge in [-0.05, 0) is 24.0 Å². The van der Waals surface area contributed by atoms with Crippen LogP contribution in [0.15, 0.2) is 18.2 Å². The molecule has 0 bridgehead atoms. The molecule has 0 radical (unpaired) electrons. The van der Waals surface area contributed by atoms with Gasteiger partial charge in [0.1, 0.15) is 0 Å². The summed E-state index contributed by atoms with van der Waals surface area (Å²) in [6, 6.07) is 4.83. The lowest BCUT2D eigenvalue weighted by Gasteiger charge is -2.13. The highest BCUT2D eigenvalue weighted by molar-refractivity contribution is 7.99. The van der Waals surface area contributed by atoms with Crippen LogP contribution >= 0.6 is 11.8 Å². The zero-order chi connectivity index (χ0) is 12.0. The standard InChI is InChI=1S/C12H17FO2S/c1-3-16-8-7-10(14)9-5-4-6-11(15-2)12(9)13/h4-6,10,14H,3,7-8H2,1-2H3. The van der Waals surface area contributed by atoms with E-state index in [1.54, 1.807) is 30.0 Å². The number of thioether (sulfide) groups is 1. The second-order valence-corrected chi connectivity index (χ2v) is 4.76. The quantitative estimate of drug-likeness (QED) is 0.780. The first-order chi connectivity index (χ1) is 7.70. The Hall–Kier alpha value is -0.740. The van der Waals surface area contributed by atoms with Crippen molar-refractivity contribution in [3.05, 3.63) is 29.6 Å². The van der Waals surface area contributed by atoms with Gasteiger partial charge >= 0.3 is 0 Å². The number of aliphatic hydroxyl groups is 1. The Kier molecular flexibility index (Phi) is 5.63. The maximum atomic E-state index is 13.7. The molecule has 0 heterocycles. The highest BCUT2D eigenvalue weighted by Crippen LogP contribution is 2.27. The van der Waals surface area contributed by atoms with E-state index in [0.717, 1.165) is 11.5 Å². The summed E-state index contributed by atoms with van der Waals surface area (Å²) < 4.78 is 18.6. The lowest BCUT2D eigenvalue weighted by Crippen LogP contribution is -2.03. The molecular formula is C12H17FO2S. The van der Waals surface area contributed by atoms with Gasteiger partial charge in [0.05, 0.1) is 13.2 Å². The highest BCUT2D eigenvalue weighted by Gasteiger charge is 2.15. The summed E-state index contributed by atoms with van der Waals surface area (Å²) in [5.41, 5.74) is 0.316. The minimum absolute atomic E-state index is 0.180. The fourth-order valence-electron chi connectivity index (χ4n) is 1.44. The highest BCUT2D eigenvalue weighted by atomic mass is 32.2. The van der Waals surface area contributed by atoms with Gasteiger partial charge in [-0.3, -0.25) is 0 Å². The fourth-order valence-corrected chi connectivity index (χ4v) is 2.12. The van der Waals surface area contributed by atoms with E-state index in [1.807, 2.05) is 0 Å². The van der Waals surface area contributed by atoms with Crippen LogP contribution in [0.1, 0.15) is 25.0 Å². The van der Waals surface area contributed by atoms with Crippen molar-refractivity contribution < 1.29 is 14.2 Å². The first kappa shape index (κ1) is 13.3. The molecule has 0 fully saturated rings. The Morgan fingerprint density at radius 1 is 1.50 bits per heavy atom. The topological polar surface area (TPSA) is 29.5 Å². The van der Waals surface area contributed by atoms with E-state index in [0.29, 0.717) is 12.0 Å². The summed E-state index contributed by atoms with van der Waals surface area (Å²) >= 11 is 1.73. The van der Waals surface area contributed by atoms with Gasteiger partial charge < -0.3 is 9.84 Å². The molecule has 0 spiro atoms. The third kappa shape index (κ3) is 3.39. The molecule has 0 aliphatic carbocycles. The van der Waals surface area contributed by atoms with E-state index in [9.17, 15) is 9.50 Å². The molecule has 0 aliphatic heterocycles. The maximum Gasteiger partial charge on any atom is 0.170 e. The summed E-state index contributed by atoms with van der Waals surface area (Å²) in [5.74, 6) is 1.56. The van der Waals surface area contributed by atoms with Crippen LogP contribution in [0.5, 0.6) is 5.75 Å². The van der Waals surface area contributed by atoms with Crippen molar-refractivity contribution in [2.75, 3.05) is 18.6 Å². The predicted octanol–water partition coefficient (Wildman–Crippen LogP) is 3.01. The van der Waals surface area contributed by atoms with E-state index in [4.69, 9.17) is 4.74 Å². The summed E-state index contributed by atoms with van der Waals surface area (Å²) in [5, 5.41) is 9.84. The largest absolute Gasteiger partial charge is 0.494 e. The molecule has 1 N–H and O–H groups in total. The van der Waals surface area contributed by atoms with Gasteiger partial charge in [-0.1, -0.05) is 19.1 Å². The third-order valence-corrected chi connectivity index (χ3v) is 3.24. The Morgan fingerprint density at radius 2 is 2.25 bits per heavy atom. The predicted molar refractivity (Wildman–Crippen MR) is 65.5 cm³/mol. The van der Waals surface area contributed by atoms with Crippen LogP contribution in [-0.2, 0) is 0 Å². The number of aliphatic hydroxyl groups excluding tert-OH is 1. The number of rotatable bonds is 6. The lowest BCUT2D eigenvalue weighted by molar-refractivity contribution is 0.169. The number of halogens is 1. The van der Waals surface area contributed by atoms with E-state index in [-0.39, 0.29) is 5.75 Å². The Labute approximate surface area is 99.8 Å². The molecule has 1 aromatic carbocycles. The van der Waals surface area contributed by atoms with Crippen LogP contribution in [0, 0.1) is 5.82 Å². The zero-order valence-corrected chi connectivity index (χ0v) is 10.4. The van der Waals surface area contributed by atoms with E-state index in [1.165, 1.54) is 7.11 Å². The fraction of sp³-hybridized carbons (Fsp3) is 0.500. The molecule has 4 heteroatoms. The number of methoxy groups -OCH3 is 1. The molecule has 0 amide bonds. The molecule has 1 atom stereocenters. The Bertz CT molecular complexity index is 331.